The van der Waals surface area contributed by atoms with E-state index >= 15 is 0 Å². The van der Waals surface area contributed by atoms with E-state index in [0.717, 1.165) is 0 Å². The van der Waals surface area contributed by atoms with Crippen molar-refractivity contribution in [2.75, 3.05) is 14.2 Å². The summed E-state index contributed by atoms with van der Waals surface area (Å²) in [6.07, 6.45) is 0. The molecule has 0 N–H and O–H groups in total. The second kappa shape index (κ2) is 5.78. The molecule has 1 heteroatoms. The second-order valence-corrected chi connectivity index (χ2v) is 3.07. The molecule has 0 amide bonds. The zero-order valence-electron chi connectivity index (χ0n) is 8.64. The SMILES string of the molecule is COC.Cc1cc(C)cc(C)c1. The number of rotatable bonds is 0. The molecule has 1 aromatic rings. The van der Waals surface area contributed by atoms with E-state index in [0.29, 0.717) is 0 Å². The van der Waals surface area contributed by atoms with Crippen molar-refractivity contribution in [1.82, 2.24) is 0 Å². The van der Waals surface area contributed by atoms with Gasteiger partial charge in [-0.25, -0.2) is 0 Å². The molecule has 0 aliphatic rings. The van der Waals surface area contributed by atoms with Gasteiger partial charge in [0.15, 0.2) is 0 Å². The number of hydrogen-bond acceptors (Lipinski definition) is 1. The zero-order chi connectivity index (χ0) is 9.56. The van der Waals surface area contributed by atoms with E-state index in [9.17, 15) is 0 Å². The van der Waals surface area contributed by atoms with Crippen molar-refractivity contribution in [3.05, 3.63) is 34.9 Å². The molecule has 1 aromatic carbocycles. The monoisotopic (exact) mass is 166 g/mol. The molecule has 0 heterocycles. The third kappa shape index (κ3) is 4.91. The second-order valence-electron chi connectivity index (χ2n) is 3.07. The van der Waals surface area contributed by atoms with E-state index in [1.54, 1.807) is 14.2 Å². The van der Waals surface area contributed by atoms with Crippen LogP contribution < -0.4 is 0 Å². The van der Waals surface area contributed by atoms with Crippen molar-refractivity contribution in [3.63, 3.8) is 0 Å². The van der Waals surface area contributed by atoms with Crippen molar-refractivity contribution < 1.29 is 4.74 Å². The summed E-state index contributed by atoms with van der Waals surface area (Å²) < 4.78 is 4.25. The molecule has 0 radical (unpaired) electrons. The van der Waals surface area contributed by atoms with Crippen LogP contribution in [0.5, 0.6) is 0 Å². The van der Waals surface area contributed by atoms with Crippen LogP contribution in [0.3, 0.4) is 0 Å². The van der Waals surface area contributed by atoms with Crippen LogP contribution in [-0.4, -0.2) is 14.2 Å². The molecular formula is C11H18O. The first kappa shape index (κ1) is 11.2. The summed E-state index contributed by atoms with van der Waals surface area (Å²) in [5, 5.41) is 0. The molecular weight excluding hydrogens is 148 g/mol. The largest absolute Gasteiger partial charge is 0.388 e. The molecule has 1 nitrogen and oxygen atoms in total. The summed E-state index contributed by atoms with van der Waals surface area (Å²) in [6, 6.07) is 6.56. The average molecular weight is 166 g/mol. The highest BCUT2D eigenvalue weighted by Crippen LogP contribution is 2.06. The Balaban J connectivity index is 0.000000354. The molecule has 0 aromatic heterocycles. The highest BCUT2D eigenvalue weighted by molar-refractivity contribution is 5.27. The Morgan fingerprint density at radius 2 is 0.917 bits per heavy atom. The lowest BCUT2D eigenvalue weighted by Gasteiger charge is -1.96. The molecule has 0 atom stereocenters. The van der Waals surface area contributed by atoms with Gasteiger partial charge < -0.3 is 4.74 Å². The summed E-state index contributed by atoms with van der Waals surface area (Å²) in [5.74, 6) is 0. The normalized spacial score (nSPS) is 8.75. The van der Waals surface area contributed by atoms with Crippen LogP contribution in [0.2, 0.25) is 0 Å². The van der Waals surface area contributed by atoms with E-state index in [-0.39, 0.29) is 0 Å². The van der Waals surface area contributed by atoms with Gasteiger partial charge in [0.1, 0.15) is 0 Å². The Morgan fingerprint density at radius 3 is 1.08 bits per heavy atom. The van der Waals surface area contributed by atoms with E-state index < -0.39 is 0 Å². The molecule has 0 saturated carbocycles. The summed E-state index contributed by atoms with van der Waals surface area (Å²) in [7, 11) is 3.25. The van der Waals surface area contributed by atoms with Crippen molar-refractivity contribution in [2.24, 2.45) is 0 Å². The first-order valence-corrected chi connectivity index (χ1v) is 4.05. The molecule has 0 aliphatic carbocycles. The number of aryl methyl sites for hydroxylation is 3. The quantitative estimate of drug-likeness (QED) is 0.576. The van der Waals surface area contributed by atoms with Gasteiger partial charge in [0.25, 0.3) is 0 Å². The minimum absolute atomic E-state index is 1.35. The van der Waals surface area contributed by atoms with Gasteiger partial charge >= 0.3 is 0 Å². The highest BCUT2D eigenvalue weighted by Gasteiger charge is 1.87. The lowest BCUT2D eigenvalue weighted by Crippen LogP contribution is -1.78. The summed E-state index contributed by atoms with van der Waals surface area (Å²) >= 11 is 0. The van der Waals surface area contributed by atoms with Crippen molar-refractivity contribution in [1.29, 1.82) is 0 Å². The predicted octanol–water partition coefficient (Wildman–Crippen LogP) is 2.87. The molecule has 0 saturated heterocycles. The Kier molecular flexibility index (Phi) is 5.39. The third-order valence-corrected chi connectivity index (χ3v) is 1.37. The van der Waals surface area contributed by atoms with Gasteiger partial charge in [0, 0.05) is 14.2 Å². The minimum atomic E-state index is 1.35. The fraction of sp³-hybridized carbons (Fsp3) is 0.455. The summed E-state index contributed by atoms with van der Waals surface area (Å²) in [4.78, 5) is 0. The van der Waals surface area contributed by atoms with Gasteiger partial charge in [-0.05, 0) is 20.8 Å². The van der Waals surface area contributed by atoms with E-state index in [1.807, 2.05) is 0 Å². The Bertz CT molecular complexity index is 178. The maximum Gasteiger partial charge on any atom is 0.0351 e. The lowest BCUT2D eigenvalue weighted by atomic mass is 10.1. The van der Waals surface area contributed by atoms with Crippen LogP contribution in [0.4, 0.5) is 0 Å². The fourth-order valence-electron chi connectivity index (χ4n) is 1.20. The first-order chi connectivity index (χ1) is 5.60. The fourth-order valence-corrected chi connectivity index (χ4v) is 1.20. The average Bonchev–Trinajstić information content (AvgIpc) is 1.84. The molecule has 0 fully saturated rings. The van der Waals surface area contributed by atoms with Gasteiger partial charge in [-0.15, -0.1) is 0 Å². The molecule has 0 spiro atoms. The van der Waals surface area contributed by atoms with Crippen LogP contribution in [0.25, 0.3) is 0 Å². The van der Waals surface area contributed by atoms with Gasteiger partial charge in [-0.3, -0.25) is 0 Å². The predicted molar refractivity (Wildman–Crippen MR) is 53.6 cm³/mol. The number of ether oxygens (including phenoxy) is 1. The van der Waals surface area contributed by atoms with Crippen LogP contribution in [0.1, 0.15) is 16.7 Å². The summed E-state index contributed by atoms with van der Waals surface area (Å²) in [6.45, 7) is 6.38. The first-order valence-electron chi connectivity index (χ1n) is 4.05. The summed E-state index contributed by atoms with van der Waals surface area (Å²) in [5.41, 5.74) is 4.06. The topological polar surface area (TPSA) is 9.23 Å². The van der Waals surface area contributed by atoms with Crippen molar-refractivity contribution in [3.8, 4) is 0 Å². The maximum atomic E-state index is 4.25. The van der Waals surface area contributed by atoms with E-state index in [2.05, 4.69) is 43.7 Å². The molecule has 0 unspecified atom stereocenters. The van der Waals surface area contributed by atoms with Crippen LogP contribution in [0.15, 0.2) is 18.2 Å². The Labute approximate surface area is 75.4 Å². The van der Waals surface area contributed by atoms with Gasteiger partial charge in [-0.2, -0.15) is 0 Å². The Hall–Kier alpha value is -0.820. The van der Waals surface area contributed by atoms with E-state index in [1.165, 1.54) is 16.7 Å². The lowest BCUT2D eigenvalue weighted by molar-refractivity contribution is 0.277. The van der Waals surface area contributed by atoms with Crippen molar-refractivity contribution in [2.45, 2.75) is 20.8 Å². The van der Waals surface area contributed by atoms with Crippen molar-refractivity contribution >= 4 is 0 Å². The minimum Gasteiger partial charge on any atom is -0.388 e. The van der Waals surface area contributed by atoms with Gasteiger partial charge in [-0.1, -0.05) is 34.9 Å². The van der Waals surface area contributed by atoms with Gasteiger partial charge in [0.2, 0.25) is 0 Å². The molecule has 0 aliphatic heterocycles. The third-order valence-electron chi connectivity index (χ3n) is 1.37. The number of benzene rings is 1. The highest BCUT2D eigenvalue weighted by atomic mass is 16.4. The number of hydrogen-bond donors (Lipinski definition) is 0. The van der Waals surface area contributed by atoms with Crippen LogP contribution in [0, 0.1) is 20.8 Å². The molecule has 1 rings (SSSR count). The maximum absolute atomic E-state index is 4.25. The standard InChI is InChI=1S/C9H12.C2H6O/c1-7-4-8(2)6-9(3)5-7;1-3-2/h4-6H,1-3H3;1-2H3. The van der Waals surface area contributed by atoms with E-state index in [4.69, 9.17) is 0 Å². The zero-order valence-corrected chi connectivity index (χ0v) is 8.64. The number of methoxy groups -OCH3 is 1. The molecule has 12 heavy (non-hydrogen) atoms. The van der Waals surface area contributed by atoms with Crippen LogP contribution in [-0.2, 0) is 4.74 Å². The van der Waals surface area contributed by atoms with Crippen LogP contribution >= 0.6 is 0 Å². The Morgan fingerprint density at radius 1 is 0.750 bits per heavy atom. The molecule has 0 bridgehead atoms. The molecule has 68 valence electrons. The van der Waals surface area contributed by atoms with Gasteiger partial charge in [0.05, 0.1) is 0 Å². The smallest absolute Gasteiger partial charge is 0.0351 e.